The summed E-state index contributed by atoms with van der Waals surface area (Å²) >= 11 is 0. The van der Waals surface area contributed by atoms with Crippen molar-refractivity contribution in [3.63, 3.8) is 0 Å². The minimum atomic E-state index is -5.08. The number of alkyl halides is 3. The van der Waals surface area contributed by atoms with Gasteiger partial charge in [0.1, 0.15) is 0 Å². The number of carbonyl (C=O) groups is 2. The highest BCUT2D eigenvalue weighted by atomic mass is 19.4. The normalized spacial score (nSPS) is 12.1. The van der Waals surface area contributed by atoms with Crippen molar-refractivity contribution in [2.45, 2.75) is 32.4 Å². The van der Waals surface area contributed by atoms with E-state index in [1.807, 2.05) is 20.8 Å². The SMILES string of the molecule is CC(C)(C)c1ccc(C(=O)O)c(NC(=O)C(F)(F)F)c1. The standard InChI is InChI=1S/C13H14F3NO3/c1-12(2,3)7-4-5-8(10(18)19)9(6-7)17-11(20)13(14,15)16/h4-6H,1-3H3,(H,17,20)(H,18,19). The number of rotatable bonds is 2. The highest BCUT2D eigenvalue weighted by Crippen LogP contribution is 2.28. The highest BCUT2D eigenvalue weighted by molar-refractivity contribution is 6.02. The molecule has 0 unspecified atom stereocenters. The number of halogens is 3. The van der Waals surface area contributed by atoms with Gasteiger partial charge in [-0.15, -0.1) is 0 Å². The summed E-state index contributed by atoms with van der Waals surface area (Å²) in [6.45, 7) is 5.45. The van der Waals surface area contributed by atoms with E-state index in [9.17, 15) is 22.8 Å². The molecule has 0 bridgehead atoms. The third-order valence-electron chi connectivity index (χ3n) is 2.62. The summed E-state index contributed by atoms with van der Waals surface area (Å²) in [4.78, 5) is 21.9. The predicted molar refractivity (Wildman–Crippen MR) is 66.8 cm³/mol. The number of benzene rings is 1. The van der Waals surface area contributed by atoms with Gasteiger partial charge in [0.25, 0.3) is 0 Å². The zero-order valence-corrected chi connectivity index (χ0v) is 11.1. The zero-order chi connectivity index (χ0) is 15.7. The quantitative estimate of drug-likeness (QED) is 0.878. The first-order valence-corrected chi connectivity index (χ1v) is 5.69. The Morgan fingerprint density at radius 2 is 1.70 bits per heavy atom. The highest BCUT2D eigenvalue weighted by Gasteiger charge is 2.39. The average molecular weight is 289 g/mol. The van der Waals surface area contributed by atoms with Crippen LogP contribution < -0.4 is 5.32 Å². The summed E-state index contributed by atoms with van der Waals surface area (Å²) in [5, 5.41) is 10.5. The zero-order valence-electron chi connectivity index (χ0n) is 11.1. The second kappa shape index (κ2) is 5.15. The Balaban J connectivity index is 3.27. The van der Waals surface area contributed by atoms with E-state index in [0.29, 0.717) is 5.56 Å². The number of anilines is 1. The molecule has 1 rings (SSSR count). The molecule has 2 N–H and O–H groups in total. The topological polar surface area (TPSA) is 66.4 Å². The van der Waals surface area contributed by atoms with Crippen LogP contribution in [-0.4, -0.2) is 23.2 Å². The Bertz CT molecular complexity index is 545. The van der Waals surface area contributed by atoms with Crippen LogP contribution in [0.5, 0.6) is 0 Å². The molecular weight excluding hydrogens is 275 g/mol. The predicted octanol–water partition coefficient (Wildman–Crippen LogP) is 3.18. The summed E-state index contributed by atoms with van der Waals surface area (Å²) in [5.74, 6) is -3.62. The molecular formula is C13H14F3NO3. The summed E-state index contributed by atoms with van der Waals surface area (Å²) < 4.78 is 36.7. The van der Waals surface area contributed by atoms with Gasteiger partial charge in [0.15, 0.2) is 0 Å². The maximum absolute atomic E-state index is 12.2. The van der Waals surface area contributed by atoms with E-state index in [2.05, 4.69) is 0 Å². The number of aromatic carboxylic acids is 1. The number of hydrogen-bond acceptors (Lipinski definition) is 2. The van der Waals surface area contributed by atoms with Gasteiger partial charge < -0.3 is 10.4 Å². The fourth-order valence-corrected chi connectivity index (χ4v) is 1.49. The van der Waals surface area contributed by atoms with E-state index in [0.717, 1.165) is 0 Å². The molecule has 0 heterocycles. The number of hydrogen-bond donors (Lipinski definition) is 2. The summed E-state index contributed by atoms with van der Waals surface area (Å²) in [6.07, 6.45) is -5.08. The third-order valence-corrected chi connectivity index (χ3v) is 2.62. The average Bonchev–Trinajstić information content (AvgIpc) is 2.25. The molecule has 110 valence electrons. The van der Waals surface area contributed by atoms with Gasteiger partial charge in [-0.3, -0.25) is 4.79 Å². The Morgan fingerprint density at radius 3 is 2.10 bits per heavy atom. The molecule has 0 aromatic heterocycles. The monoisotopic (exact) mass is 289 g/mol. The molecule has 0 fully saturated rings. The van der Waals surface area contributed by atoms with Gasteiger partial charge in [-0.25, -0.2) is 4.79 Å². The first kappa shape index (κ1) is 16.0. The fourth-order valence-electron chi connectivity index (χ4n) is 1.49. The molecule has 1 aromatic carbocycles. The maximum Gasteiger partial charge on any atom is 0.471 e. The molecule has 7 heteroatoms. The molecule has 0 aliphatic rings. The van der Waals surface area contributed by atoms with Crippen molar-refractivity contribution in [1.29, 1.82) is 0 Å². The van der Waals surface area contributed by atoms with Crippen molar-refractivity contribution >= 4 is 17.6 Å². The van der Waals surface area contributed by atoms with Gasteiger partial charge in [0.05, 0.1) is 11.3 Å². The van der Waals surface area contributed by atoms with E-state index in [-0.39, 0.29) is 5.69 Å². The number of nitrogens with one attached hydrogen (secondary N) is 1. The molecule has 1 aromatic rings. The molecule has 0 aliphatic carbocycles. The number of carbonyl (C=O) groups excluding carboxylic acids is 1. The van der Waals surface area contributed by atoms with Crippen molar-refractivity contribution in [3.05, 3.63) is 29.3 Å². The molecule has 20 heavy (non-hydrogen) atoms. The minimum Gasteiger partial charge on any atom is -0.478 e. The number of carboxylic acids is 1. The van der Waals surface area contributed by atoms with Crippen molar-refractivity contribution in [3.8, 4) is 0 Å². The van der Waals surface area contributed by atoms with Crippen LogP contribution in [0.3, 0.4) is 0 Å². The van der Waals surface area contributed by atoms with Gasteiger partial charge in [0, 0.05) is 0 Å². The van der Waals surface area contributed by atoms with Crippen LogP contribution in [0.1, 0.15) is 36.7 Å². The van der Waals surface area contributed by atoms with Crippen molar-refractivity contribution in [2.24, 2.45) is 0 Å². The van der Waals surface area contributed by atoms with E-state index in [1.165, 1.54) is 18.2 Å². The third kappa shape index (κ3) is 3.72. The molecule has 1 amide bonds. The van der Waals surface area contributed by atoms with Crippen LogP contribution >= 0.6 is 0 Å². The minimum absolute atomic E-state index is 0.368. The molecule has 0 atom stereocenters. The fraction of sp³-hybridized carbons (Fsp3) is 0.385. The van der Waals surface area contributed by atoms with E-state index in [1.54, 1.807) is 5.32 Å². The van der Waals surface area contributed by atoms with E-state index in [4.69, 9.17) is 5.11 Å². The van der Waals surface area contributed by atoms with Crippen LogP contribution in [0.4, 0.5) is 18.9 Å². The molecule has 0 radical (unpaired) electrons. The summed E-state index contributed by atoms with van der Waals surface area (Å²) in [6, 6.07) is 3.93. The largest absolute Gasteiger partial charge is 0.478 e. The van der Waals surface area contributed by atoms with Gasteiger partial charge in [-0.1, -0.05) is 26.8 Å². The van der Waals surface area contributed by atoms with Crippen LogP contribution in [0.15, 0.2) is 18.2 Å². The lowest BCUT2D eigenvalue weighted by Crippen LogP contribution is -2.30. The number of carboxylic acid groups (broad SMARTS) is 1. The molecule has 4 nitrogen and oxygen atoms in total. The molecule has 0 saturated carbocycles. The molecule has 0 spiro atoms. The molecule has 0 aliphatic heterocycles. The van der Waals surface area contributed by atoms with E-state index < -0.39 is 29.0 Å². The molecule has 0 saturated heterocycles. The summed E-state index contributed by atoms with van der Waals surface area (Å²) in [7, 11) is 0. The smallest absolute Gasteiger partial charge is 0.471 e. The van der Waals surface area contributed by atoms with Gasteiger partial charge in [-0.05, 0) is 23.1 Å². The van der Waals surface area contributed by atoms with Crippen LogP contribution in [0.25, 0.3) is 0 Å². The first-order chi connectivity index (χ1) is 8.93. The van der Waals surface area contributed by atoms with Crippen molar-refractivity contribution in [2.75, 3.05) is 5.32 Å². The van der Waals surface area contributed by atoms with Gasteiger partial charge in [-0.2, -0.15) is 13.2 Å². The Kier molecular flexibility index (Phi) is 4.12. The first-order valence-electron chi connectivity index (χ1n) is 5.69. The Hall–Kier alpha value is -2.05. The lowest BCUT2D eigenvalue weighted by atomic mass is 9.86. The summed E-state index contributed by atoms with van der Waals surface area (Å²) in [5.41, 5.74) is -0.544. The van der Waals surface area contributed by atoms with Gasteiger partial charge in [0.2, 0.25) is 0 Å². The lowest BCUT2D eigenvalue weighted by Gasteiger charge is -2.21. The number of amides is 1. The van der Waals surface area contributed by atoms with Crippen molar-refractivity contribution in [1.82, 2.24) is 0 Å². The Morgan fingerprint density at radius 1 is 1.15 bits per heavy atom. The maximum atomic E-state index is 12.2. The van der Waals surface area contributed by atoms with Crippen molar-refractivity contribution < 1.29 is 27.9 Å². The second-order valence-electron chi connectivity index (χ2n) is 5.27. The lowest BCUT2D eigenvalue weighted by molar-refractivity contribution is -0.167. The van der Waals surface area contributed by atoms with Crippen LogP contribution in [0.2, 0.25) is 0 Å². The van der Waals surface area contributed by atoms with E-state index >= 15 is 0 Å². The van der Waals surface area contributed by atoms with Crippen LogP contribution in [-0.2, 0) is 10.2 Å². The van der Waals surface area contributed by atoms with Gasteiger partial charge >= 0.3 is 18.1 Å². The Labute approximate surface area is 113 Å². The van der Waals surface area contributed by atoms with Crippen LogP contribution in [0, 0.1) is 0 Å². The second-order valence-corrected chi connectivity index (χ2v) is 5.27.